The third kappa shape index (κ3) is 2.22. The van der Waals surface area contributed by atoms with Gasteiger partial charge in [-0.05, 0) is 31.4 Å². The van der Waals surface area contributed by atoms with Gasteiger partial charge in [0.1, 0.15) is 11.9 Å². The number of hydrogen-bond acceptors (Lipinski definition) is 3. The zero-order valence-electron chi connectivity index (χ0n) is 8.32. The van der Waals surface area contributed by atoms with E-state index in [1.807, 2.05) is 18.2 Å². The van der Waals surface area contributed by atoms with Crippen LogP contribution in [0.2, 0.25) is 0 Å². The van der Waals surface area contributed by atoms with E-state index in [4.69, 9.17) is 4.74 Å². The minimum absolute atomic E-state index is 0.350. The number of benzene rings is 1. The normalized spacial score (nSPS) is 21.1. The summed E-state index contributed by atoms with van der Waals surface area (Å²) in [4.78, 5) is 1.22. The number of ether oxygens (including phenoxy) is 1. The number of hydrogen-bond donors (Lipinski definition) is 1. The van der Waals surface area contributed by atoms with E-state index in [9.17, 15) is 0 Å². The molecule has 0 amide bonds. The van der Waals surface area contributed by atoms with Crippen molar-refractivity contribution in [2.24, 2.45) is 0 Å². The summed E-state index contributed by atoms with van der Waals surface area (Å²) in [6.45, 7) is 2.05. The summed E-state index contributed by atoms with van der Waals surface area (Å²) in [5, 5.41) is 3.30. The predicted octanol–water partition coefficient (Wildman–Crippen LogP) is 2.15. The maximum Gasteiger partial charge on any atom is 0.133 e. The van der Waals surface area contributed by atoms with Gasteiger partial charge in [-0.15, -0.1) is 11.8 Å². The molecular formula is C11H15NOS. The van der Waals surface area contributed by atoms with Crippen molar-refractivity contribution in [2.45, 2.75) is 17.4 Å². The minimum Gasteiger partial charge on any atom is -0.488 e. The largest absolute Gasteiger partial charge is 0.488 e. The molecule has 14 heavy (non-hydrogen) atoms. The summed E-state index contributed by atoms with van der Waals surface area (Å²) in [5.41, 5.74) is 0. The first-order valence-corrected chi connectivity index (χ1v) is 6.13. The summed E-state index contributed by atoms with van der Waals surface area (Å²) in [6.07, 6.45) is 3.54. The highest BCUT2D eigenvalue weighted by Crippen LogP contribution is 2.28. The molecule has 1 aromatic carbocycles. The molecule has 0 bridgehead atoms. The number of para-hydroxylation sites is 1. The highest BCUT2D eigenvalue weighted by atomic mass is 32.2. The summed E-state index contributed by atoms with van der Waals surface area (Å²) in [6, 6.07) is 8.22. The lowest BCUT2D eigenvalue weighted by Gasteiger charge is -2.14. The summed E-state index contributed by atoms with van der Waals surface area (Å²) in [5.74, 6) is 1.02. The molecule has 2 nitrogen and oxygen atoms in total. The topological polar surface area (TPSA) is 21.3 Å². The van der Waals surface area contributed by atoms with Crippen LogP contribution in [0.4, 0.5) is 0 Å². The van der Waals surface area contributed by atoms with Crippen LogP contribution < -0.4 is 10.1 Å². The Balaban J connectivity index is 2.07. The van der Waals surface area contributed by atoms with Gasteiger partial charge in [-0.2, -0.15) is 0 Å². The van der Waals surface area contributed by atoms with E-state index in [0.29, 0.717) is 6.10 Å². The first-order valence-electron chi connectivity index (χ1n) is 4.90. The monoisotopic (exact) mass is 209 g/mol. The second-order valence-electron chi connectivity index (χ2n) is 3.38. The molecule has 1 aliphatic rings. The number of nitrogens with one attached hydrogen (secondary N) is 1. The van der Waals surface area contributed by atoms with Crippen molar-refractivity contribution in [1.82, 2.24) is 5.32 Å². The molecule has 0 saturated carbocycles. The van der Waals surface area contributed by atoms with Crippen LogP contribution in [0.3, 0.4) is 0 Å². The molecule has 0 aromatic heterocycles. The molecule has 0 unspecified atom stereocenters. The zero-order valence-corrected chi connectivity index (χ0v) is 9.14. The van der Waals surface area contributed by atoms with Crippen molar-refractivity contribution in [1.29, 1.82) is 0 Å². The summed E-state index contributed by atoms with van der Waals surface area (Å²) in [7, 11) is 0. The Labute approximate surface area is 89.0 Å². The second kappa shape index (κ2) is 4.71. The SMILES string of the molecule is CSc1ccccc1O[C@H]1CCNC1. The van der Waals surface area contributed by atoms with Gasteiger partial charge in [0, 0.05) is 11.4 Å². The lowest BCUT2D eigenvalue weighted by atomic mass is 10.3. The standard InChI is InChI=1S/C11H15NOS/c1-14-11-5-3-2-4-10(11)13-9-6-7-12-8-9/h2-5,9,12H,6-8H2,1H3/t9-/m0/s1. The maximum absolute atomic E-state index is 5.91. The molecule has 0 aliphatic carbocycles. The van der Waals surface area contributed by atoms with E-state index in [2.05, 4.69) is 17.6 Å². The smallest absolute Gasteiger partial charge is 0.133 e. The van der Waals surface area contributed by atoms with Crippen LogP contribution in [0.1, 0.15) is 6.42 Å². The van der Waals surface area contributed by atoms with Gasteiger partial charge in [0.25, 0.3) is 0 Å². The maximum atomic E-state index is 5.91. The molecule has 3 heteroatoms. The summed E-state index contributed by atoms with van der Waals surface area (Å²) >= 11 is 1.73. The second-order valence-corrected chi connectivity index (χ2v) is 4.23. The van der Waals surface area contributed by atoms with Crippen molar-refractivity contribution >= 4 is 11.8 Å². The molecule has 1 aromatic rings. The van der Waals surface area contributed by atoms with Crippen LogP contribution in [0.5, 0.6) is 5.75 Å². The van der Waals surface area contributed by atoms with Crippen LogP contribution in [0, 0.1) is 0 Å². The van der Waals surface area contributed by atoms with Crippen LogP contribution >= 0.6 is 11.8 Å². The van der Waals surface area contributed by atoms with Crippen molar-refractivity contribution < 1.29 is 4.74 Å². The fourth-order valence-corrected chi connectivity index (χ4v) is 2.16. The fraction of sp³-hybridized carbons (Fsp3) is 0.455. The molecule has 1 saturated heterocycles. The molecule has 1 atom stereocenters. The molecule has 76 valence electrons. The van der Waals surface area contributed by atoms with E-state index in [1.54, 1.807) is 11.8 Å². The lowest BCUT2D eigenvalue weighted by molar-refractivity contribution is 0.217. The van der Waals surface area contributed by atoms with Crippen LogP contribution in [-0.4, -0.2) is 25.4 Å². The quantitative estimate of drug-likeness (QED) is 0.771. The van der Waals surface area contributed by atoms with E-state index in [1.165, 1.54) is 4.90 Å². The Kier molecular flexibility index (Phi) is 3.32. The first-order chi connectivity index (χ1) is 6.90. The Morgan fingerprint density at radius 1 is 1.43 bits per heavy atom. The molecular weight excluding hydrogens is 194 g/mol. The van der Waals surface area contributed by atoms with Gasteiger partial charge in [-0.3, -0.25) is 0 Å². The van der Waals surface area contributed by atoms with E-state index in [-0.39, 0.29) is 0 Å². The fourth-order valence-electron chi connectivity index (χ4n) is 1.62. The highest BCUT2D eigenvalue weighted by molar-refractivity contribution is 7.98. The molecule has 1 N–H and O–H groups in total. The van der Waals surface area contributed by atoms with Gasteiger partial charge >= 0.3 is 0 Å². The van der Waals surface area contributed by atoms with Gasteiger partial charge in [-0.1, -0.05) is 12.1 Å². The molecule has 2 rings (SSSR count). The minimum atomic E-state index is 0.350. The highest BCUT2D eigenvalue weighted by Gasteiger charge is 2.16. The van der Waals surface area contributed by atoms with Crippen molar-refractivity contribution in [3.63, 3.8) is 0 Å². The van der Waals surface area contributed by atoms with E-state index >= 15 is 0 Å². The average molecular weight is 209 g/mol. The third-order valence-electron chi connectivity index (χ3n) is 2.38. The van der Waals surface area contributed by atoms with Gasteiger partial charge in [-0.25, -0.2) is 0 Å². The Morgan fingerprint density at radius 2 is 2.29 bits per heavy atom. The predicted molar refractivity (Wildman–Crippen MR) is 60.1 cm³/mol. The van der Waals surface area contributed by atoms with Crippen molar-refractivity contribution in [2.75, 3.05) is 19.3 Å². The molecule has 1 fully saturated rings. The average Bonchev–Trinajstić information content (AvgIpc) is 2.71. The van der Waals surface area contributed by atoms with Gasteiger partial charge in [0.2, 0.25) is 0 Å². The Hall–Kier alpha value is -0.670. The van der Waals surface area contributed by atoms with Gasteiger partial charge in [0.15, 0.2) is 0 Å². The zero-order chi connectivity index (χ0) is 9.80. The number of rotatable bonds is 3. The van der Waals surface area contributed by atoms with Crippen LogP contribution in [-0.2, 0) is 0 Å². The van der Waals surface area contributed by atoms with Crippen LogP contribution in [0.15, 0.2) is 29.2 Å². The van der Waals surface area contributed by atoms with Gasteiger partial charge < -0.3 is 10.1 Å². The molecule has 0 radical (unpaired) electrons. The third-order valence-corrected chi connectivity index (χ3v) is 3.15. The van der Waals surface area contributed by atoms with Crippen molar-refractivity contribution in [3.8, 4) is 5.75 Å². The first kappa shape index (κ1) is 9.87. The summed E-state index contributed by atoms with van der Waals surface area (Å²) < 4.78 is 5.91. The molecule has 1 aliphatic heterocycles. The van der Waals surface area contributed by atoms with E-state index in [0.717, 1.165) is 25.3 Å². The Morgan fingerprint density at radius 3 is 3.00 bits per heavy atom. The van der Waals surface area contributed by atoms with Gasteiger partial charge in [0.05, 0.1) is 0 Å². The number of thioether (sulfide) groups is 1. The lowest BCUT2D eigenvalue weighted by Crippen LogP contribution is -2.19. The molecule has 0 spiro atoms. The van der Waals surface area contributed by atoms with E-state index < -0.39 is 0 Å². The Bertz CT molecular complexity index is 297. The molecule has 1 heterocycles. The van der Waals surface area contributed by atoms with Crippen LogP contribution in [0.25, 0.3) is 0 Å². The van der Waals surface area contributed by atoms with Crippen molar-refractivity contribution in [3.05, 3.63) is 24.3 Å².